The molecule has 0 N–H and O–H groups in total. The number of hydrogen-bond acceptors (Lipinski definition) is 0. The Morgan fingerprint density at radius 3 is 1.15 bits per heavy atom. The van der Waals surface area contributed by atoms with E-state index >= 15 is 0 Å². The molecule has 0 aliphatic rings. The maximum Gasteiger partial charge on any atom is -0.0173 e. The Balaban J connectivity index is 4.48. The Bertz CT molecular complexity index is 102. The van der Waals surface area contributed by atoms with E-state index in [4.69, 9.17) is 0 Å². The molecule has 0 fully saturated rings. The molecule has 0 aromatic rings. The first-order valence-electron chi connectivity index (χ1n) is 5.45. The van der Waals surface area contributed by atoms with E-state index in [0.29, 0.717) is 0 Å². The summed E-state index contributed by atoms with van der Waals surface area (Å²) in [6.07, 6.45) is 4.42. The van der Waals surface area contributed by atoms with Gasteiger partial charge in [0.2, 0.25) is 0 Å². The minimum Gasteiger partial charge on any atom is -0.0648 e. The second kappa shape index (κ2) is 5.67. The third kappa shape index (κ3) is 3.00. The van der Waals surface area contributed by atoms with Gasteiger partial charge in [-0.15, -0.1) is 0 Å². The Kier molecular flexibility index (Phi) is 5.67. The van der Waals surface area contributed by atoms with E-state index in [1.165, 1.54) is 11.8 Å². The molecular formula is C13H24. The highest BCUT2D eigenvalue weighted by Crippen LogP contribution is 2.44. The SMILES string of the molecule is [CH2]C([CH2])([C](CC)CC)[C](CC)CC. The lowest BCUT2D eigenvalue weighted by molar-refractivity contribution is 0.434. The molecule has 0 saturated carbocycles. The van der Waals surface area contributed by atoms with Crippen LogP contribution in [0.1, 0.15) is 53.4 Å². The van der Waals surface area contributed by atoms with E-state index in [2.05, 4.69) is 41.5 Å². The maximum atomic E-state index is 4.27. The summed E-state index contributed by atoms with van der Waals surface area (Å²) >= 11 is 0. The highest BCUT2D eigenvalue weighted by Gasteiger charge is 2.34. The molecule has 0 spiro atoms. The van der Waals surface area contributed by atoms with Crippen molar-refractivity contribution in [2.75, 3.05) is 0 Å². The molecule has 0 aliphatic carbocycles. The van der Waals surface area contributed by atoms with Crippen molar-refractivity contribution in [1.82, 2.24) is 0 Å². The Morgan fingerprint density at radius 2 is 1.00 bits per heavy atom. The van der Waals surface area contributed by atoms with Gasteiger partial charge in [-0.25, -0.2) is 0 Å². The molecule has 76 valence electrons. The van der Waals surface area contributed by atoms with Crippen LogP contribution in [0.4, 0.5) is 0 Å². The fourth-order valence-electron chi connectivity index (χ4n) is 2.10. The maximum absolute atomic E-state index is 4.27. The van der Waals surface area contributed by atoms with Gasteiger partial charge in [0, 0.05) is 0 Å². The van der Waals surface area contributed by atoms with Crippen LogP contribution in [0.3, 0.4) is 0 Å². The van der Waals surface area contributed by atoms with Crippen molar-refractivity contribution in [2.24, 2.45) is 5.41 Å². The first kappa shape index (κ1) is 13.0. The average Bonchev–Trinajstić information content (AvgIpc) is 2.07. The van der Waals surface area contributed by atoms with Crippen LogP contribution in [-0.2, 0) is 0 Å². The summed E-state index contributed by atoms with van der Waals surface area (Å²) in [5.41, 5.74) is -0.132. The van der Waals surface area contributed by atoms with Crippen LogP contribution in [-0.4, -0.2) is 0 Å². The predicted molar refractivity (Wildman–Crippen MR) is 60.8 cm³/mol. The minimum atomic E-state index is -0.132. The van der Waals surface area contributed by atoms with E-state index in [-0.39, 0.29) is 5.41 Å². The summed E-state index contributed by atoms with van der Waals surface area (Å²) in [4.78, 5) is 0. The highest BCUT2D eigenvalue weighted by atomic mass is 14.4. The van der Waals surface area contributed by atoms with E-state index in [1.54, 1.807) is 0 Å². The van der Waals surface area contributed by atoms with Crippen molar-refractivity contribution in [2.45, 2.75) is 53.4 Å². The van der Waals surface area contributed by atoms with Crippen LogP contribution >= 0.6 is 0 Å². The summed E-state index contributed by atoms with van der Waals surface area (Å²) in [7, 11) is 0. The van der Waals surface area contributed by atoms with Crippen LogP contribution in [0.15, 0.2) is 0 Å². The molecule has 0 heteroatoms. The van der Waals surface area contributed by atoms with Crippen LogP contribution in [0.5, 0.6) is 0 Å². The molecule has 0 heterocycles. The summed E-state index contributed by atoms with van der Waals surface area (Å²) in [5, 5.41) is 0. The third-order valence-corrected chi connectivity index (χ3v) is 3.06. The molecule has 0 saturated heterocycles. The van der Waals surface area contributed by atoms with Gasteiger partial charge in [0.05, 0.1) is 0 Å². The van der Waals surface area contributed by atoms with Crippen molar-refractivity contribution in [1.29, 1.82) is 0 Å². The first-order chi connectivity index (χ1) is 6.04. The van der Waals surface area contributed by atoms with Crippen molar-refractivity contribution >= 4 is 0 Å². The largest absolute Gasteiger partial charge is 0.0648 e. The Morgan fingerprint density at radius 1 is 0.769 bits per heavy atom. The normalized spacial score (nSPS) is 12.9. The summed E-state index contributed by atoms with van der Waals surface area (Å²) in [5.74, 6) is 2.96. The summed E-state index contributed by atoms with van der Waals surface area (Å²) in [6.45, 7) is 17.3. The van der Waals surface area contributed by atoms with E-state index < -0.39 is 0 Å². The molecule has 13 heavy (non-hydrogen) atoms. The Labute approximate surface area is 85.1 Å². The minimum absolute atomic E-state index is 0.132. The number of hydrogen-bond donors (Lipinski definition) is 0. The van der Waals surface area contributed by atoms with Gasteiger partial charge >= 0.3 is 0 Å². The molecule has 0 amide bonds. The van der Waals surface area contributed by atoms with E-state index in [1.807, 2.05) is 0 Å². The van der Waals surface area contributed by atoms with E-state index in [9.17, 15) is 0 Å². The van der Waals surface area contributed by atoms with Gasteiger partial charge < -0.3 is 0 Å². The zero-order valence-corrected chi connectivity index (χ0v) is 9.74. The quantitative estimate of drug-likeness (QED) is 0.567. The lowest BCUT2D eigenvalue weighted by Crippen LogP contribution is -2.29. The van der Waals surface area contributed by atoms with Gasteiger partial charge in [-0.3, -0.25) is 0 Å². The van der Waals surface area contributed by atoms with Crippen LogP contribution < -0.4 is 0 Å². The lowest BCUT2D eigenvalue weighted by atomic mass is 9.65. The fraction of sp³-hybridized carbons (Fsp3) is 0.692. The zero-order chi connectivity index (χ0) is 10.5. The summed E-state index contributed by atoms with van der Waals surface area (Å²) < 4.78 is 0. The van der Waals surface area contributed by atoms with Gasteiger partial charge in [-0.05, 0) is 56.8 Å². The lowest BCUT2D eigenvalue weighted by Gasteiger charge is -2.39. The van der Waals surface area contributed by atoms with Crippen molar-refractivity contribution < 1.29 is 0 Å². The van der Waals surface area contributed by atoms with Crippen molar-refractivity contribution in [3.05, 3.63) is 25.7 Å². The molecule has 0 aliphatic heterocycles. The second-order valence-electron chi connectivity index (χ2n) is 3.70. The topological polar surface area (TPSA) is 0 Å². The van der Waals surface area contributed by atoms with Crippen LogP contribution in [0.2, 0.25) is 0 Å². The molecule has 0 nitrogen and oxygen atoms in total. The van der Waals surface area contributed by atoms with Crippen LogP contribution in [0, 0.1) is 31.1 Å². The fourth-order valence-corrected chi connectivity index (χ4v) is 2.10. The molecule has 4 radical (unpaired) electrons. The van der Waals surface area contributed by atoms with Gasteiger partial charge in [0.25, 0.3) is 0 Å². The zero-order valence-electron chi connectivity index (χ0n) is 9.74. The standard InChI is InChI=1S/C13H24/c1-7-11(8-2)13(5,6)12(9-3)10-4/h5-10H2,1-4H3. The van der Waals surface area contributed by atoms with Gasteiger partial charge in [0.15, 0.2) is 0 Å². The highest BCUT2D eigenvalue weighted by molar-refractivity contribution is 5.23. The molecule has 0 unspecified atom stereocenters. The van der Waals surface area contributed by atoms with Gasteiger partial charge in [-0.2, -0.15) is 0 Å². The molecule has 0 rings (SSSR count). The second-order valence-corrected chi connectivity index (χ2v) is 3.70. The van der Waals surface area contributed by atoms with Gasteiger partial charge in [-0.1, -0.05) is 27.7 Å². The number of rotatable bonds is 6. The third-order valence-electron chi connectivity index (χ3n) is 3.06. The smallest absolute Gasteiger partial charge is 0.0173 e. The van der Waals surface area contributed by atoms with Crippen LogP contribution in [0.25, 0.3) is 0 Å². The van der Waals surface area contributed by atoms with Gasteiger partial charge in [0.1, 0.15) is 0 Å². The molecular weight excluding hydrogens is 156 g/mol. The van der Waals surface area contributed by atoms with Crippen molar-refractivity contribution in [3.63, 3.8) is 0 Å². The average molecular weight is 180 g/mol. The monoisotopic (exact) mass is 180 g/mol. The molecule has 0 aromatic carbocycles. The first-order valence-corrected chi connectivity index (χ1v) is 5.45. The molecule has 0 aromatic heterocycles. The van der Waals surface area contributed by atoms with E-state index in [0.717, 1.165) is 25.7 Å². The molecule has 0 bridgehead atoms. The predicted octanol–water partition coefficient (Wildman–Crippen LogP) is 4.43. The molecule has 0 atom stereocenters. The van der Waals surface area contributed by atoms with Crippen molar-refractivity contribution in [3.8, 4) is 0 Å². The summed E-state index contributed by atoms with van der Waals surface area (Å²) in [6, 6.07) is 0. The Hall–Kier alpha value is 0.